The summed E-state index contributed by atoms with van der Waals surface area (Å²) in [5.74, 6) is -9.48. The summed E-state index contributed by atoms with van der Waals surface area (Å²) in [6.45, 7) is 3.78. The van der Waals surface area contributed by atoms with Gasteiger partial charge in [-0.3, -0.25) is 62.6 Å². The summed E-state index contributed by atoms with van der Waals surface area (Å²) in [6.07, 6.45) is 14.5. The number of β-lactam (4-membered cyclic amide) rings is 3. The van der Waals surface area contributed by atoms with Crippen LogP contribution in [0.3, 0.4) is 0 Å². The number of carbonyl (C=O) groups is 14. The molecule has 119 heavy (non-hydrogen) atoms. The minimum atomic E-state index is -1.54. The molecule has 9 fully saturated rings. The second kappa shape index (κ2) is 35.0. The molecule has 0 bridgehead atoms. The number of nitrogens with zero attached hydrogens (tertiary/aromatic N) is 16. The van der Waals surface area contributed by atoms with Gasteiger partial charge >= 0.3 is 24.0 Å². The summed E-state index contributed by atoms with van der Waals surface area (Å²) in [6, 6.07) is -3.01. The van der Waals surface area contributed by atoms with Crippen molar-refractivity contribution < 1.29 is 108 Å². The number of hydrogen-bond donors (Lipinski definition) is 11. The zero-order valence-corrected chi connectivity index (χ0v) is 67.4. The predicted molar refractivity (Wildman–Crippen MR) is 417 cm³/mol. The van der Waals surface area contributed by atoms with Crippen molar-refractivity contribution in [3.05, 3.63) is 97.6 Å². The van der Waals surface area contributed by atoms with Gasteiger partial charge in [-0.1, -0.05) is 41.2 Å². The Morgan fingerprint density at radius 1 is 0.529 bits per heavy atom. The summed E-state index contributed by atoms with van der Waals surface area (Å²) in [4.78, 5) is 198. The standard InChI is InChI=1S/C27H28N8O10S2.2C21H23N7O6S2/c1-11-6-16(36)45-15(11)9-44-27(42)33-4-3-14(8-33)34-5-2-12(22(34)38)7-13-10-46-24-18(23(39)35(24)19(13)25(40)41)29-21(37)17(31-43)20-30-26(28)47-32-20;2*22-21-24-15(26-36-21)12(25-34)16(29)23-13-18(31)28-14(20(32)33)10(8-35-19(13)28)7-9-5-6-27(17(9)30)11-3-1-2-4-11/h7,14,18,24,43H,2-6,8-10H2,1H3,(H,29,37)(H,40,41)(H2,28,30,32);2*7,11,13,19,34H,1-6,8H2,(H,23,29)(H,32,33)(H2,22,24,26)/p-1/b12-7+,31-17-;2*9-7+,25-12-/t14-,18-,24-;2*13-,19-/m111/s1. The first-order valence-corrected chi connectivity index (χ1v) is 42.5. The van der Waals surface area contributed by atoms with E-state index in [1.807, 2.05) is 9.80 Å². The number of carbonyl (C=O) groups excluding carboxylic acids is 12. The fraction of sp³-hybridized carbons (Fsp3) is 0.464. The third kappa shape index (κ3) is 16.6. The number of nitrogens with one attached hydrogen (secondary N) is 3. The molecule has 7 saturated heterocycles. The van der Waals surface area contributed by atoms with Gasteiger partial charge in [0.25, 0.3) is 35.4 Å². The third-order valence-electron chi connectivity index (χ3n) is 21.7. The van der Waals surface area contributed by atoms with Crippen molar-refractivity contribution in [3.63, 3.8) is 0 Å². The second-order valence-corrected chi connectivity index (χ2v) is 34.4. The fourth-order valence-corrected chi connectivity index (χ4v) is 21.2. The first-order chi connectivity index (χ1) is 57.0. The predicted octanol–water partition coefficient (Wildman–Crippen LogP) is -1.43. The molecule has 7 atom stereocenters. The lowest BCUT2D eigenvalue weighted by molar-refractivity contribution is -0.301. The number of cyclic esters (lactones) is 1. The van der Waals surface area contributed by atoms with E-state index >= 15 is 0 Å². The quantitative estimate of drug-likeness (QED) is 0.0154. The highest BCUT2D eigenvalue weighted by Gasteiger charge is 2.58. The average Bonchev–Trinajstić information content (AvgIpc) is 1.74. The molecule has 2 aliphatic carbocycles. The normalized spacial score (nSPS) is 25.8. The van der Waals surface area contributed by atoms with Crippen LogP contribution in [0.25, 0.3) is 0 Å². The number of aromatic nitrogens is 6. The maximum Gasteiger partial charge on any atom is 0.410 e. The highest BCUT2D eigenvalue weighted by molar-refractivity contribution is 8.00. The highest BCUT2D eigenvalue weighted by atomic mass is 32.2. The number of esters is 1. The summed E-state index contributed by atoms with van der Waals surface area (Å²) >= 11 is 6.11. The van der Waals surface area contributed by atoms with E-state index in [1.165, 1.54) is 46.3 Å². The number of rotatable bonds is 20. The molecule has 10 amide bonds. The van der Waals surface area contributed by atoms with Crippen molar-refractivity contribution in [1.29, 1.82) is 0 Å². The number of fused-ring (bicyclic) bond motifs is 3. The lowest BCUT2D eigenvalue weighted by Crippen LogP contribution is -2.71. The van der Waals surface area contributed by atoms with Gasteiger partial charge in [0.05, 0.1) is 24.1 Å². The van der Waals surface area contributed by atoms with Gasteiger partial charge in [-0.05, 0) is 98.8 Å². The number of nitrogen functional groups attached to an aromatic ring is 3. The summed E-state index contributed by atoms with van der Waals surface area (Å²) in [5, 5.41) is 73.9. The largest absolute Gasteiger partial charge is 0.543 e. The lowest BCUT2D eigenvalue weighted by Gasteiger charge is -2.50. The van der Waals surface area contributed by atoms with Crippen LogP contribution in [-0.2, 0) is 71.8 Å². The molecule has 628 valence electrons. The van der Waals surface area contributed by atoms with E-state index in [9.17, 15) is 98.1 Å². The number of allylic oxidation sites excluding steroid dienone is 3. The first kappa shape index (κ1) is 83.6. The zero-order valence-electron chi connectivity index (χ0n) is 62.5. The molecular weight excluding hydrogens is 1680 g/mol. The Morgan fingerprint density at radius 3 is 1.20 bits per heavy atom. The van der Waals surface area contributed by atoms with Crippen LogP contribution in [-0.4, -0.2) is 297 Å². The molecule has 14 heterocycles. The van der Waals surface area contributed by atoms with Gasteiger partial charge in [-0.25, -0.2) is 14.4 Å². The van der Waals surface area contributed by atoms with Crippen LogP contribution in [0.4, 0.5) is 20.2 Å². The summed E-state index contributed by atoms with van der Waals surface area (Å²) in [5.41, 5.74) is 17.3. The Hall–Kier alpha value is -11.9. The van der Waals surface area contributed by atoms with Crippen molar-refractivity contribution in [1.82, 2.24) is 78.3 Å². The van der Waals surface area contributed by atoms with E-state index in [-0.39, 0.29) is 128 Å². The van der Waals surface area contributed by atoms with E-state index in [2.05, 4.69) is 59.5 Å². The first-order valence-electron chi connectivity index (χ1n) is 37.0. The third-order valence-corrected chi connectivity index (χ3v) is 27.3. The number of anilines is 3. The number of carboxylic acid groups (broad SMARTS) is 3. The number of ether oxygens (including phenoxy) is 2. The fourth-order valence-electron chi connectivity index (χ4n) is 16.0. The smallest absolute Gasteiger partial charge is 0.410 e. The van der Waals surface area contributed by atoms with Crippen molar-refractivity contribution in [2.45, 2.75) is 143 Å². The molecule has 3 aromatic rings. The van der Waals surface area contributed by atoms with Gasteiger partial charge in [0.15, 0.2) is 22.0 Å². The summed E-state index contributed by atoms with van der Waals surface area (Å²) < 4.78 is 21.8. The van der Waals surface area contributed by atoms with E-state index in [1.54, 1.807) is 24.0 Å². The van der Waals surface area contributed by atoms with Gasteiger partial charge in [0.1, 0.15) is 51.4 Å². The lowest BCUT2D eigenvalue weighted by atomic mass is 10.0. The maximum absolute atomic E-state index is 13.4. The Kier molecular flexibility index (Phi) is 24.6. The van der Waals surface area contributed by atoms with Crippen molar-refractivity contribution in [2.75, 3.05) is 73.8 Å². The Morgan fingerprint density at radius 2 is 0.882 bits per heavy atom. The van der Waals surface area contributed by atoms with E-state index in [0.717, 1.165) is 101 Å². The number of amides is 10. The Balaban J connectivity index is 0.000000148. The molecular formula is C69H73N22O22S6-. The van der Waals surface area contributed by atoms with Gasteiger partial charge in [-0.15, -0.1) is 35.3 Å². The zero-order chi connectivity index (χ0) is 84.7. The van der Waals surface area contributed by atoms with Gasteiger partial charge < -0.3 is 98.0 Å². The topological polar surface area (TPSA) is 633 Å². The monoisotopic (exact) mass is 1750 g/mol. The molecule has 44 nitrogen and oxygen atoms in total. The van der Waals surface area contributed by atoms with Gasteiger partial charge in [0, 0.05) is 113 Å². The number of carboxylic acids is 3. The summed E-state index contributed by atoms with van der Waals surface area (Å²) in [7, 11) is 0. The molecule has 3 aromatic heterocycles. The van der Waals surface area contributed by atoms with Crippen LogP contribution >= 0.6 is 69.9 Å². The number of nitrogens with two attached hydrogens (primary N) is 3. The van der Waals surface area contributed by atoms with Gasteiger partial charge in [-0.2, -0.15) is 28.1 Å². The number of oxime groups is 3. The van der Waals surface area contributed by atoms with Gasteiger partial charge in [0.2, 0.25) is 52.3 Å². The molecule has 14 N–H and O–H groups in total. The minimum absolute atomic E-state index is 0.0359. The number of aliphatic carboxylic acids is 3. The van der Waals surface area contributed by atoms with Crippen molar-refractivity contribution in [3.8, 4) is 0 Å². The molecule has 11 aliphatic heterocycles. The number of likely N-dealkylation sites (tertiary alicyclic amines) is 4. The van der Waals surface area contributed by atoms with Crippen molar-refractivity contribution >= 4 is 186 Å². The van der Waals surface area contributed by atoms with Crippen molar-refractivity contribution in [2.24, 2.45) is 15.5 Å². The molecule has 0 spiro atoms. The number of hydrogen-bond acceptors (Lipinski definition) is 38. The van der Waals surface area contributed by atoms with Crippen LogP contribution < -0.4 is 38.3 Å². The van der Waals surface area contributed by atoms with Crippen LogP contribution in [0.2, 0.25) is 0 Å². The van der Waals surface area contributed by atoms with Crippen LogP contribution in [0.5, 0.6) is 0 Å². The molecule has 2 saturated carbocycles. The molecule has 0 unspecified atom stereocenters. The van der Waals surface area contributed by atoms with E-state index < -0.39 is 117 Å². The van der Waals surface area contributed by atoms with Crippen LogP contribution in [0, 0.1) is 0 Å². The van der Waals surface area contributed by atoms with Crippen LogP contribution in [0.15, 0.2) is 95.6 Å². The second-order valence-electron chi connectivity index (χ2n) is 28.7. The molecule has 13 aliphatic rings. The molecule has 50 heteroatoms. The minimum Gasteiger partial charge on any atom is -0.543 e. The SMILES string of the molecule is CC1=C(COC(=O)N2CC[C@@H](N3CC/C(=C\C4=C(C(=O)O)N5C(=O)[C@@H](NC(=O)/C(=N\O)c6nsc(N)n6)[C@H]5SC4)C3=O)C2)OC(=O)C1.Nc1nc(/C(=N/O)C(=O)N[C@@H]2C(=O)N3C(C(=O)O)=C(/C=C4\CCN(C5CCCC5)C4=O)CS[C@H]23)ns1.Nc1nc(/C(=N/O)C(=O)N[C@@H]2C(=O)N3C(C(=O)[O-])=C(/C=C4\CCN(C5CCCC5)C4=O)CS[C@H]23)ns1. The molecule has 16 rings (SSSR count). The molecule has 0 aromatic carbocycles. The van der Waals surface area contributed by atoms with E-state index in [0.29, 0.717) is 91.1 Å². The number of thioether (sulfide) groups is 3. The molecule has 0 radical (unpaired) electrons. The Bertz CT molecular complexity index is 4980. The highest BCUT2D eigenvalue weighted by Crippen LogP contribution is 2.46. The Labute approximate surface area is 696 Å². The van der Waals surface area contributed by atoms with E-state index in [4.69, 9.17) is 26.7 Å². The average molecular weight is 1750 g/mol. The van der Waals surface area contributed by atoms with Crippen LogP contribution in [0.1, 0.15) is 108 Å². The maximum atomic E-state index is 13.4.